The summed E-state index contributed by atoms with van der Waals surface area (Å²) in [7, 11) is 0. The van der Waals surface area contributed by atoms with E-state index in [1.807, 2.05) is 30.5 Å². The molecule has 4 heteroatoms. The first-order valence-electron chi connectivity index (χ1n) is 9.76. The molecule has 146 valence electrons. The molecule has 0 saturated carbocycles. The lowest BCUT2D eigenvalue weighted by atomic mass is 10.1. The Hall–Kier alpha value is -3.04. The molecule has 4 rings (SSSR count). The van der Waals surface area contributed by atoms with Crippen molar-refractivity contribution in [2.75, 3.05) is 0 Å². The van der Waals surface area contributed by atoms with Gasteiger partial charge < -0.3 is 9.99 Å². The summed E-state index contributed by atoms with van der Waals surface area (Å²) in [5.74, 6) is 0. The summed E-state index contributed by atoms with van der Waals surface area (Å²) < 4.78 is 2.36. The first kappa shape index (κ1) is 19.3. The molecule has 0 saturated heterocycles. The first-order chi connectivity index (χ1) is 14.1. The van der Waals surface area contributed by atoms with Crippen molar-refractivity contribution in [2.24, 2.45) is 5.10 Å². The number of aryl methyl sites for hydroxylation is 1. The fraction of sp³-hybridized carbons (Fsp3) is 0.160. The number of fused-ring (bicyclic) bond motifs is 1. The van der Waals surface area contributed by atoms with Gasteiger partial charge in [-0.05, 0) is 37.1 Å². The van der Waals surface area contributed by atoms with Gasteiger partial charge in [0.15, 0.2) is 0 Å². The zero-order valence-electron chi connectivity index (χ0n) is 16.7. The van der Waals surface area contributed by atoms with Gasteiger partial charge >= 0.3 is 0 Å². The molecule has 0 fully saturated rings. The number of nitrogens with zero attached hydrogens (tertiary/aromatic N) is 2. The third-order valence-electron chi connectivity index (χ3n) is 5.25. The third-order valence-corrected chi connectivity index (χ3v) is 5.62. The molecule has 0 aliphatic heterocycles. The molecule has 3 aromatic carbocycles. The Morgan fingerprint density at radius 1 is 0.931 bits per heavy atom. The van der Waals surface area contributed by atoms with Gasteiger partial charge in [-0.15, -0.1) is 0 Å². The molecule has 0 amide bonds. The van der Waals surface area contributed by atoms with Crippen LogP contribution < -0.4 is 5.43 Å². The van der Waals surface area contributed by atoms with Crippen LogP contribution in [-0.4, -0.2) is 10.8 Å². The van der Waals surface area contributed by atoms with Crippen LogP contribution in [-0.2, 0) is 13.1 Å². The normalized spacial score (nSPS) is 11.4. The zero-order chi connectivity index (χ0) is 20.2. The van der Waals surface area contributed by atoms with E-state index in [-0.39, 0.29) is 0 Å². The van der Waals surface area contributed by atoms with Crippen molar-refractivity contribution in [2.45, 2.75) is 26.9 Å². The molecular weight excluding hydrogens is 378 g/mol. The third kappa shape index (κ3) is 4.20. The lowest BCUT2D eigenvalue weighted by Crippen LogP contribution is -2.06. The van der Waals surface area contributed by atoms with Crippen molar-refractivity contribution in [1.82, 2.24) is 9.99 Å². The number of para-hydroxylation sites is 1. The highest BCUT2D eigenvalue weighted by Crippen LogP contribution is 2.25. The molecular formula is C25H24ClN3. The molecule has 1 aromatic heterocycles. The molecule has 0 radical (unpaired) electrons. The number of hydrazone groups is 1. The number of aromatic nitrogens is 1. The van der Waals surface area contributed by atoms with Crippen LogP contribution in [0.5, 0.6) is 0 Å². The zero-order valence-corrected chi connectivity index (χ0v) is 17.4. The number of halogens is 1. The van der Waals surface area contributed by atoms with Crippen molar-refractivity contribution in [3.63, 3.8) is 0 Å². The van der Waals surface area contributed by atoms with Crippen LogP contribution in [0.3, 0.4) is 0 Å². The first-order valence-corrected chi connectivity index (χ1v) is 10.1. The summed E-state index contributed by atoms with van der Waals surface area (Å²) in [4.78, 5) is 0. The van der Waals surface area contributed by atoms with E-state index in [1.54, 1.807) is 0 Å². The second-order valence-corrected chi connectivity index (χ2v) is 7.68. The van der Waals surface area contributed by atoms with Crippen molar-refractivity contribution in [3.05, 3.63) is 106 Å². The van der Waals surface area contributed by atoms with Gasteiger partial charge in [0.25, 0.3) is 0 Å². The number of rotatable bonds is 6. The van der Waals surface area contributed by atoms with Crippen LogP contribution in [0.4, 0.5) is 0 Å². The SMILES string of the molecule is Cc1ccc(Cn2c(C)c(/C=N\NCc3ccccc3Cl)c3ccccc32)cc1. The maximum absolute atomic E-state index is 6.22. The fourth-order valence-corrected chi connectivity index (χ4v) is 3.79. The van der Waals surface area contributed by atoms with E-state index in [0.29, 0.717) is 6.54 Å². The molecule has 0 unspecified atom stereocenters. The van der Waals surface area contributed by atoms with Crippen molar-refractivity contribution >= 4 is 28.7 Å². The Morgan fingerprint density at radius 3 is 2.45 bits per heavy atom. The molecule has 1 heterocycles. The van der Waals surface area contributed by atoms with Crippen LogP contribution >= 0.6 is 11.6 Å². The van der Waals surface area contributed by atoms with Crippen LogP contribution in [0.2, 0.25) is 5.02 Å². The average Bonchev–Trinajstić information content (AvgIpc) is 3.00. The van der Waals surface area contributed by atoms with E-state index < -0.39 is 0 Å². The van der Waals surface area contributed by atoms with Gasteiger partial charge in [0, 0.05) is 33.7 Å². The van der Waals surface area contributed by atoms with E-state index in [1.165, 1.54) is 27.7 Å². The van der Waals surface area contributed by atoms with Crippen molar-refractivity contribution in [1.29, 1.82) is 0 Å². The molecule has 0 atom stereocenters. The summed E-state index contributed by atoms with van der Waals surface area (Å²) in [5, 5.41) is 6.43. The van der Waals surface area contributed by atoms with Crippen molar-refractivity contribution < 1.29 is 0 Å². The minimum atomic E-state index is 0.594. The highest BCUT2D eigenvalue weighted by molar-refractivity contribution is 6.31. The Bertz CT molecular complexity index is 1160. The number of benzene rings is 3. The maximum Gasteiger partial charge on any atom is 0.0594 e. The molecule has 29 heavy (non-hydrogen) atoms. The number of hydrogen-bond acceptors (Lipinski definition) is 2. The van der Waals surface area contributed by atoms with Crippen LogP contribution in [0.25, 0.3) is 10.9 Å². The van der Waals surface area contributed by atoms with E-state index in [2.05, 4.69) is 77.5 Å². The van der Waals surface area contributed by atoms with Crippen molar-refractivity contribution in [3.8, 4) is 0 Å². The molecule has 3 nitrogen and oxygen atoms in total. The molecule has 1 N–H and O–H groups in total. The maximum atomic E-state index is 6.22. The minimum Gasteiger partial charge on any atom is -0.340 e. The molecule has 0 bridgehead atoms. The summed E-state index contributed by atoms with van der Waals surface area (Å²) in [5.41, 5.74) is 10.3. The van der Waals surface area contributed by atoms with Gasteiger partial charge in [-0.3, -0.25) is 0 Å². The highest BCUT2D eigenvalue weighted by Gasteiger charge is 2.12. The monoisotopic (exact) mass is 401 g/mol. The Kier molecular flexibility index (Phi) is 5.68. The number of hydrogen-bond donors (Lipinski definition) is 1. The summed E-state index contributed by atoms with van der Waals surface area (Å²) >= 11 is 6.22. The summed E-state index contributed by atoms with van der Waals surface area (Å²) in [6.45, 7) is 5.71. The lowest BCUT2D eigenvalue weighted by Gasteiger charge is -2.09. The van der Waals surface area contributed by atoms with Crippen LogP contribution in [0.15, 0.2) is 77.9 Å². The second-order valence-electron chi connectivity index (χ2n) is 7.27. The molecule has 0 aliphatic rings. The Labute approximate surface area is 176 Å². The van der Waals surface area contributed by atoms with Crippen LogP contribution in [0, 0.1) is 13.8 Å². The van der Waals surface area contributed by atoms with Gasteiger partial charge in [-0.1, -0.05) is 77.8 Å². The van der Waals surface area contributed by atoms with Gasteiger partial charge in [0.1, 0.15) is 0 Å². The topological polar surface area (TPSA) is 29.3 Å². The predicted molar refractivity (Wildman–Crippen MR) is 123 cm³/mol. The van der Waals surface area contributed by atoms with Gasteiger partial charge in [-0.2, -0.15) is 5.10 Å². The Balaban J connectivity index is 1.60. The van der Waals surface area contributed by atoms with Crippen LogP contribution in [0.1, 0.15) is 27.9 Å². The van der Waals surface area contributed by atoms with E-state index in [0.717, 1.165) is 22.7 Å². The minimum absolute atomic E-state index is 0.594. The van der Waals surface area contributed by atoms with E-state index in [9.17, 15) is 0 Å². The van der Waals surface area contributed by atoms with E-state index in [4.69, 9.17) is 11.6 Å². The largest absolute Gasteiger partial charge is 0.340 e. The average molecular weight is 402 g/mol. The molecule has 0 aliphatic carbocycles. The van der Waals surface area contributed by atoms with Gasteiger partial charge in [-0.25, -0.2) is 0 Å². The quantitative estimate of drug-likeness (QED) is 0.307. The fourth-order valence-electron chi connectivity index (χ4n) is 3.58. The number of nitrogens with one attached hydrogen (secondary N) is 1. The Morgan fingerprint density at radius 2 is 1.66 bits per heavy atom. The van der Waals surface area contributed by atoms with E-state index >= 15 is 0 Å². The standard InChI is InChI=1S/C25H24ClN3/c1-18-11-13-20(14-12-18)17-29-19(2)23(22-8-4-6-10-25(22)29)16-28-27-15-21-7-3-5-9-24(21)26/h3-14,16,27H,15,17H2,1-2H3/b28-16-. The smallest absolute Gasteiger partial charge is 0.0594 e. The van der Waals surface area contributed by atoms with Gasteiger partial charge in [0.05, 0.1) is 12.8 Å². The predicted octanol–water partition coefficient (Wildman–Crippen LogP) is 6.08. The highest BCUT2D eigenvalue weighted by atomic mass is 35.5. The molecule has 0 spiro atoms. The second kappa shape index (κ2) is 8.54. The van der Waals surface area contributed by atoms with Gasteiger partial charge in [0.2, 0.25) is 0 Å². The lowest BCUT2D eigenvalue weighted by molar-refractivity contribution is 0.748. The molecule has 4 aromatic rings. The summed E-state index contributed by atoms with van der Waals surface area (Å²) in [6.07, 6.45) is 1.92. The summed E-state index contributed by atoms with van der Waals surface area (Å²) in [6, 6.07) is 25.0.